The Morgan fingerprint density at radius 3 is 2.45 bits per heavy atom. The summed E-state index contributed by atoms with van der Waals surface area (Å²) < 4.78 is 11.9. The molecule has 1 aliphatic heterocycles. The number of ether oxygens (including phenoxy) is 2. The van der Waals surface area contributed by atoms with Crippen molar-refractivity contribution in [3.63, 3.8) is 0 Å². The van der Waals surface area contributed by atoms with Crippen LogP contribution in [-0.4, -0.2) is 48.1 Å². The smallest absolute Gasteiger partial charge is 0.295 e. The largest absolute Gasteiger partial charge is 0.507 e. The number of benzene rings is 2. The Kier molecular flexibility index (Phi) is 7.51. The number of Topliss-reactive ketones (excluding diaryl/α,β-unsaturated/α-hetero) is 1. The molecule has 0 saturated carbocycles. The van der Waals surface area contributed by atoms with Crippen LogP contribution in [0.15, 0.2) is 58.6 Å². The van der Waals surface area contributed by atoms with E-state index in [0.29, 0.717) is 36.4 Å². The van der Waals surface area contributed by atoms with Gasteiger partial charge in [0, 0.05) is 28.8 Å². The van der Waals surface area contributed by atoms with Gasteiger partial charge in [0.05, 0.1) is 24.8 Å². The monoisotopic (exact) mass is 487 g/mol. The fraction of sp³-hybridized carbons (Fsp3) is 0.333. The molecule has 0 radical (unpaired) electrons. The summed E-state index contributed by atoms with van der Waals surface area (Å²) in [5.74, 6) is -1.01. The summed E-state index contributed by atoms with van der Waals surface area (Å²) in [5.41, 5.74) is 1.17. The van der Waals surface area contributed by atoms with Gasteiger partial charge < -0.3 is 19.5 Å². The molecule has 0 spiro atoms. The number of nitrogens with zero attached hydrogens (tertiary/aromatic N) is 1. The average Bonchev–Trinajstić information content (AvgIpc) is 3.01. The summed E-state index contributed by atoms with van der Waals surface area (Å²) in [6.07, 6.45) is 0.646. The van der Waals surface area contributed by atoms with Crippen molar-refractivity contribution in [2.45, 2.75) is 32.4 Å². The van der Waals surface area contributed by atoms with Gasteiger partial charge >= 0.3 is 0 Å². The highest BCUT2D eigenvalue weighted by atomic mass is 79.9. The van der Waals surface area contributed by atoms with E-state index in [0.717, 1.165) is 4.47 Å². The maximum Gasteiger partial charge on any atom is 0.295 e. The minimum absolute atomic E-state index is 0.0570. The van der Waals surface area contributed by atoms with Gasteiger partial charge in [-0.3, -0.25) is 9.59 Å². The predicted octanol–water partition coefficient (Wildman–Crippen LogP) is 4.69. The van der Waals surface area contributed by atoms with E-state index in [2.05, 4.69) is 15.9 Å². The zero-order chi connectivity index (χ0) is 22.5. The molecule has 1 N–H and O–H groups in total. The molecule has 3 rings (SSSR count). The van der Waals surface area contributed by atoms with E-state index in [9.17, 15) is 14.7 Å². The fourth-order valence-electron chi connectivity index (χ4n) is 3.64. The first kappa shape index (κ1) is 23.0. The zero-order valence-corrected chi connectivity index (χ0v) is 19.4. The molecule has 0 unspecified atom stereocenters. The predicted molar refractivity (Wildman–Crippen MR) is 122 cm³/mol. The van der Waals surface area contributed by atoms with Crippen LogP contribution < -0.4 is 4.74 Å². The highest BCUT2D eigenvalue weighted by Crippen LogP contribution is 2.42. The van der Waals surface area contributed by atoms with Gasteiger partial charge in [-0.2, -0.15) is 0 Å². The Labute approximate surface area is 190 Å². The highest BCUT2D eigenvalue weighted by molar-refractivity contribution is 9.10. The minimum atomic E-state index is -0.751. The van der Waals surface area contributed by atoms with Crippen LogP contribution in [-0.2, 0) is 14.3 Å². The molecule has 2 aromatic carbocycles. The number of hydrogen-bond acceptors (Lipinski definition) is 5. The summed E-state index contributed by atoms with van der Waals surface area (Å²) in [6, 6.07) is 13.4. The van der Waals surface area contributed by atoms with E-state index in [-0.39, 0.29) is 17.4 Å². The van der Waals surface area contributed by atoms with Crippen LogP contribution in [0.1, 0.15) is 37.4 Å². The van der Waals surface area contributed by atoms with Crippen molar-refractivity contribution in [1.82, 2.24) is 4.90 Å². The van der Waals surface area contributed by atoms with Crippen LogP contribution in [0.2, 0.25) is 0 Å². The fourth-order valence-corrected chi connectivity index (χ4v) is 3.91. The molecule has 6 nitrogen and oxygen atoms in total. The molecule has 1 fully saturated rings. The van der Waals surface area contributed by atoms with Crippen molar-refractivity contribution in [3.8, 4) is 5.75 Å². The Hall–Kier alpha value is -2.64. The Balaban J connectivity index is 2.07. The summed E-state index contributed by atoms with van der Waals surface area (Å²) in [4.78, 5) is 27.5. The third-order valence-electron chi connectivity index (χ3n) is 5.09. The number of aliphatic hydroxyl groups excluding tert-OH is 1. The zero-order valence-electron chi connectivity index (χ0n) is 17.8. The lowest BCUT2D eigenvalue weighted by Crippen LogP contribution is -2.31. The van der Waals surface area contributed by atoms with Crippen molar-refractivity contribution in [3.05, 3.63) is 69.7 Å². The second-order valence-corrected chi connectivity index (χ2v) is 8.43. The average molecular weight is 488 g/mol. The molecule has 1 aliphatic rings. The molecule has 0 bridgehead atoms. The molecular formula is C24H26BrNO5. The highest BCUT2D eigenvalue weighted by Gasteiger charge is 2.46. The summed E-state index contributed by atoms with van der Waals surface area (Å²) in [5, 5.41) is 11.1. The van der Waals surface area contributed by atoms with Gasteiger partial charge in [-0.25, -0.2) is 0 Å². The van der Waals surface area contributed by atoms with Crippen LogP contribution in [0, 0.1) is 0 Å². The molecule has 1 amide bonds. The van der Waals surface area contributed by atoms with Gasteiger partial charge in [0.2, 0.25) is 0 Å². The van der Waals surface area contributed by atoms with Gasteiger partial charge in [-0.05, 0) is 38.5 Å². The number of carbonyl (C=O) groups excluding carboxylic acids is 2. The van der Waals surface area contributed by atoms with Crippen molar-refractivity contribution in [2.24, 2.45) is 0 Å². The molecule has 1 heterocycles. The van der Waals surface area contributed by atoms with Crippen LogP contribution in [0.5, 0.6) is 5.75 Å². The van der Waals surface area contributed by atoms with Crippen LogP contribution in [0.3, 0.4) is 0 Å². The van der Waals surface area contributed by atoms with Gasteiger partial charge in [-0.15, -0.1) is 0 Å². The van der Waals surface area contributed by atoms with Gasteiger partial charge in [-0.1, -0.05) is 46.3 Å². The molecule has 164 valence electrons. The number of rotatable bonds is 8. The van der Waals surface area contributed by atoms with E-state index >= 15 is 0 Å². The molecular weight excluding hydrogens is 462 g/mol. The number of ketones is 1. The Morgan fingerprint density at radius 1 is 1.13 bits per heavy atom. The number of halogens is 1. The third-order valence-corrected chi connectivity index (χ3v) is 5.61. The first-order valence-electron chi connectivity index (χ1n) is 10.1. The summed E-state index contributed by atoms with van der Waals surface area (Å²) in [6.45, 7) is 4.67. The van der Waals surface area contributed by atoms with E-state index in [1.54, 1.807) is 30.3 Å². The number of aliphatic hydroxyl groups is 1. The molecule has 2 aromatic rings. The summed E-state index contributed by atoms with van der Waals surface area (Å²) in [7, 11) is 1.54. The number of methoxy groups -OCH3 is 1. The first-order chi connectivity index (χ1) is 14.8. The van der Waals surface area contributed by atoms with Crippen LogP contribution in [0.4, 0.5) is 0 Å². The number of carbonyl (C=O) groups is 2. The normalized spacial score (nSPS) is 18.1. The number of hydrogen-bond donors (Lipinski definition) is 1. The standard InChI is InChI=1S/C24H26BrNO5/c1-15(2)31-14-6-13-26-21(18-7-4-5-8-19(18)30-3)20(23(28)24(26)29)22(27)16-9-11-17(25)12-10-16/h4-5,7-12,15,21,27H,6,13-14H2,1-3H3/t21-/m0/s1. The minimum Gasteiger partial charge on any atom is -0.507 e. The molecule has 7 heteroatoms. The van der Waals surface area contributed by atoms with E-state index < -0.39 is 17.7 Å². The van der Waals surface area contributed by atoms with Crippen LogP contribution in [0.25, 0.3) is 5.76 Å². The number of likely N-dealkylation sites (tertiary alicyclic amines) is 1. The van der Waals surface area contributed by atoms with Crippen molar-refractivity contribution in [1.29, 1.82) is 0 Å². The van der Waals surface area contributed by atoms with Crippen molar-refractivity contribution < 1.29 is 24.2 Å². The third kappa shape index (κ3) is 4.99. The van der Waals surface area contributed by atoms with Crippen molar-refractivity contribution >= 4 is 33.4 Å². The molecule has 1 atom stereocenters. The van der Waals surface area contributed by atoms with Crippen molar-refractivity contribution in [2.75, 3.05) is 20.3 Å². The van der Waals surface area contributed by atoms with Gasteiger partial charge in [0.1, 0.15) is 11.5 Å². The lowest BCUT2D eigenvalue weighted by Gasteiger charge is -2.26. The molecule has 31 heavy (non-hydrogen) atoms. The Morgan fingerprint density at radius 2 is 1.81 bits per heavy atom. The number of para-hydroxylation sites is 1. The second-order valence-electron chi connectivity index (χ2n) is 7.51. The topological polar surface area (TPSA) is 76.1 Å². The van der Waals surface area contributed by atoms with Crippen LogP contribution >= 0.6 is 15.9 Å². The molecule has 1 saturated heterocycles. The van der Waals surface area contributed by atoms with E-state index in [4.69, 9.17) is 9.47 Å². The maximum absolute atomic E-state index is 13.0. The maximum atomic E-state index is 13.0. The van der Waals surface area contributed by atoms with E-state index in [1.807, 2.05) is 32.0 Å². The lowest BCUT2D eigenvalue weighted by molar-refractivity contribution is -0.140. The van der Waals surface area contributed by atoms with E-state index in [1.165, 1.54) is 12.0 Å². The SMILES string of the molecule is COc1ccccc1[C@H]1C(=C(O)c2ccc(Br)cc2)C(=O)C(=O)N1CCCOC(C)C. The number of amides is 1. The van der Waals surface area contributed by atoms with Gasteiger partial charge in [0.15, 0.2) is 0 Å². The van der Waals surface area contributed by atoms with Gasteiger partial charge in [0.25, 0.3) is 11.7 Å². The first-order valence-corrected chi connectivity index (χ1v) is 10.9. The lowest BCUT2D eigenvalue weighted by atomic mass is 9.94. The second kappa shape index (κ2) is 10.1. The molecule has 0 aromatic heterocycles. The quantitative estimate of drug-likeness (QED) is 0.253. The Bertz CT molecular complexity index is 984. The molecule has 0 aliphatic carbocycles. The summed E-state index contributed by atoms with van der Waals surface area (Å²) >= 11 is 3.37.